The molecule has 0 amide bonds. The van der Waals surface area contributed by atoms with Gasteiger partial charge in [-0.05, 0) is 97.2 Å². The van der Waals surface area contributed by atoms with Gasteiger partial charge in [-0.1, -0.05) is 200 Å². The summed E-state index contributed by atoms with van der Waals surface area (Å²) in [5.74, 6) is 0. The van der Waals surface area contributed by atoms with Crippen molar-refractivity contribution in [2.75, 3.05) is 4.90 Å². The molecule has 0 bridgehead atoms. The second-order valence-corrected chi connectivity index (χ2v) is 16.3. The molecular weight excluding hydrogens is 743 g/mol. The number of rotatable bonds is 8. The van der Waals surface area contributed by atoms with Crippen molar-refractivity contribution in [3.8, 4) is 55.6 Å². The van der Waals surface area contributed by atoms with E-state index in [4.69, 9.17) is 0 Å². The molecule has 2 heteroatoms. The van der Waals surface area contributed by atoms with Crippen LogP contribution in [0.25, 0.3) is 86.6 Å². The van der Waals surface area contributed by atoms with Crippen molar-refractivity contribution in [1.82, 2.24) is 0 Å². The monoisotopic (exact) mass is 781 g/mol. The third kappa shape index (κ3) is 6.35. The summed E-state index contributed by atoms with van der Waals surface area (Å²) in [6.07, 6.45) is 0. The second-order valence-electron chi connectivity index (χ2n) is 15.2. The molecule has 0 radical (unpaired) electrons. The van der Waals surface area contributed by atoms with Gasteiger partial charge in [-0.25, -0.2) is 0 Å². The Labute approximate surface area is 354 Å². The predicted octanol–water partition coefficient (Wildman–Crippen LogP) is 17.0. The Morgan fingerprint density at radius 3 is 1.62 bits per heavy atom. The van der Waals surface area contributed by atoms with Crippen molar-refractivity contribution in [3.63, 3.8) is 0 Å². The van der Waals surface area contributed by atoms with Crippen molar-refractivity contribution in [2.45, 2.75) is 0 Å². The van der Waals surface area contributed by atoms with Gasteiger partial charge in [0.25, 0.3) is 0 Å². The zero-order chi connectivity index (χ0) is 39.8. The van der Waals surface area contributed by atoms with E-state index in [2.05, 4.69) is 241 Å². The number of nitrogens with zero attached hydrogens (tertiary/aromatic N) is 1. The molecule has 10 aromatic carbocycles. The van der Waals surface area contributed by atoms with Gasteiger partial charge in [-0.15, -0.1) is 11.3 Å². The number of fused-ring (bicyclic) bond motifs is 4. The van der Waals surface area contributed by atoms with Crippen LogP contribution in [0.2, 0.25) is 0 Å². The quantitative estimate of drug-likeness (QED) is 0.148. The number of anilines is 3. The summed E-state index contributed by atoms with van der Waals surface area (Å²) >= 11 is 1.88. The molecule has 1 nitrogen and oxygen atoms in total. The fourth-order valence-corrected chi connectivity index (χ4v) is 10.2. The first-order valence-electron chi connectivity index (χ1n) is 20.5. The zero-order valence-electron chi connectivity index (χ0n) is 32.9. The number of para-hydroxylation sites is 1. The standard InChI is InChI=1S/C58H39NS/c1-2-17-40(18-3-1)48-24-6-7-25-50(48)51-26-8-9-27-52(51)53-28-10-12-33-56(53)59(44-37-35-42(36-38-44)47-30-15-20-41-19-4-5-23-46(41)47)45-22-14-21-43(39-45)49-31-16-32-55-54-29-11-13-34-57(54)60-58(49)55/h1-39H. The second kappa shape index (κ2) is 15.3. The normalized spacial score (nSPS) is 11.3. The lowest BCUT2D eigenvalue weighted by atomic mass is 9.88. The van der Waals surface area contributed by atoms with Crippen molar-refractivity contribution in [1.29, 1.82) is 0 Å². The maximum atomic E-state index is 2.44. The van der Waals surface area contributed by atoms with E-state index < -0.39 is 0 Å². The van der Waals surface area contributed by atoms with Gasteiger partial charge >= 0.3 is 0 Å². The molecule has 0 aliphatic heterocycles. The molecule has 1 aromatic heterocycles. The van der Waals surface area contributed by atoms with Crippen molar-refractivity contribution in [2.24, 2.45) is 0 Å². The van der Waals surface area contributed by atoms with Gasteiger partial charge in [-0.3, -0.25) is 0 Å². The molecule has 0 aliphatic rings. The molecule has 60 heavy (non-hydrogen) atoms. The van der Waals surface area contributed by atoms with Gasteiger partial charge < -0.3 is 4.90 Å². The summed E-state index contributed by atoms with van der Waals surface area (Å²) in [4.78, 5) is 2.44. The van der Waals surface area contributed by atoms with Crippen LogP contribution >= 0.6 is 11.3 Å². The molecule has 0 spiro atoms. The van der Waals surface area contributed by atoms with E-state index >= 15 is 0 Å². The first-order chi connectivity index (χ1) is 29.8. The maximum absolute atomic E-state index is 2.44. The molecular formula is C58H39NS. The van der Waals surface area contributed by atoms with E-state index in [9.17, 15) is 0 Å². The molecule has 0 saturated carbocycles. The minimum absolute atomic E-state index is 1.09. The lowest BCUT2D eigenvalue weighted by molar-refractivity contribution is 1.28. The Morgan fingerprint density at radius 2 is 0.800 bits per heavy atom. The first-order valence-corrected chi connectivity index (χ1v) is 21.3. The molecule has 1 heterocycles. The van der Waals surface area contributed by atoms with Crippen LogP contribution in [-0.4, -0.2) is 0 Å². The number of hydrogen-bond donors (Lipinski definition) is 0. The Bertz CT molecular complexity index is 3320. The molecule has 0 unspecified atom stereocenters. The van der Waals surface area contributed by atoms with Crippen LogP contribution in [0, 0.1) is 0 Å². The van der Waals surface area contributed by atoms with E-state index in [1.807, 2.05) is 11.3 Å². The largest absolute Gasteiger partial charge is 0.310 e. The van der Waals surface area contributed by atoms with Crippen molar-refractivity contribution >= 4 is 59.3 Å². The zero-order valence-corrected chi connectivity index (χ0v) is 33.7. The summed E-state index contributed by atoms with van der Waals surface area (Å²) in [7, 11) is 0. The molecule has 0 saturated heterocycles. The summed E-state index contributed by atoms with van der Waals surface area (Å²) in [6.45, 7) is 0. The van der Waals surface area contributed by atoms with E-state index in [-0.39, 0.29) is 0 Å². The Kier molecular flexibility index (Phi) is 9.11. The fourth-order valence-electron chi connectivity index (χ4n) is 8.92. The highest BCUT2D eigenvalue weighted by molar-refractivity contribution is 7.26. The van der Waals surface area contributed by atoms with Crippen molar-refractivity contribution < 1.29 is 0 Å². The summed E-state index contributed by atoms with van der Waals surface area (Å²) < 4.78 is 2.62. The summed E-state index contributed by atoms with van der Waals surface area (Å²) in [5, 5.41) is 5.11. The molecule has 11 rings (SSSR count). The Balaban J connectivity index is 1.10. The van der Waals surface area contributed by atoms with Gasteiger partial charge in [0.2, 0.25) is 0 Å². The minimum Gasteiger partial charge on any atom is -0.310 e. The van der Waals surface area contributed by atoms with Crippen LogP contribution in [0.5, 0.6) is 0 Å². The van der Waals surface area contributed by atoms with Crippen LogP contribution in [0.3, 0.4) is 0 Å². The van der Waals surface area contributed by atoms with Crippen LogP contribution in [0.4, 0.5) is 17.1 Å². The van der Waals surface area contributed by atoms with E-state index in [0.29, 0.717) is 0 Å². The summed E-state index contributed by atoms with van der Waals surface area (Å²) in [6, 6.07) is 86.1. The van der Waals surface area contributed by atoms with E-state index in [0.717, 1.165) is 22.6 Å². The summed E-state index contributed by atoms with van der Waals surface area (Å²) in [5.41, 5.74) is 15.3. The fraction of sp³-hybridized carbons (Fsp3) is 0. The van der Waals surface area contributed by atoms with E-state index in [1.165, 1.54) is 81.0 Å². The van der Waals surface area contributed by atoms with Gasteiger partial charge in [0.1, 0.15) is 0 Å². The van der Waals surface area contributed by atoms with Gasteiger partial charge in [-0.2, -0.15) is 0 Å². The van der Waals surface area contributed by atoms with Crippen LogP contribution in [0.1, 0.15) is 0 Å². The highest BCUT2D eigenvalue weighted by atomic mass is 32.1. The van der Waals surface area contributed by atoms with Crippen LogP contribution in [0.15, 0.2) is 237 Å². The average Bonchev–Trinajstić information content (AvgIpc) is 3.71. The lowest BCUT2D eigenvalue weighted by Gasteiger charge is -2.29. The SMILES string of the molecule is c1ccc(-c2ccccc2-c2ccccc2-c2ccccc2N(c2ccc(-c3cccc4ccccc34)cc2)c2cccc(-c3cccc4c3sc3ccccc34)c2)cc1. The highest BCUT2D eigenvalue weighted by Gasteiger charge is 2.21. The topological polar surface area (TPSA) is 3.24 Å². The molecule has 282 valence electrons. The minimum atomic E-state index is 1.09. The van der Waals surface area contributed by atoms with Gasteiger partial charge in [0.05, 0.1) is 5.69 Å². The molecule has 0 atom stereocenters. The maximum Gasteiger partial charge on any atom is 0.0540 e. The lowest BCUT2D eigenvalue weighted by Crippen LogP contribution is -2.11. The van der Waals surface area contributed by atoms with Crippen LogP contribution in [-0.2, 0) is 0 Å². The van der Waals surface area contributed by atoms with Gasteiger partial charge in [0.15, 0.2) is 0 Å². The number of benzene rings is 10. The highest BCUT2D eigenvalue weighted by Crippen LogP contribution is 2.47. The number of thiophene rings is 1. The Morgan fingerprint density at radius 1 is 0.283 bits per heavy atom. The first kappa shape index (κ1) is 35.6. The third-order valence-corrected chi connectivity index (χ3v) is 12.9. The smallest absolute Gasteiger partial charge is 0.0540 e. The molecule has 0 aliphatic carbocycles. The molecule has 0 fully saturated rings. The van der Waals surface area contributed by atoms with Crippen LogP contribution < -0.4 is 4.90 Å². The molecule has 11 aromatic rings. The van der Waals surface area contributed by atoms with Crippen molar-refractivity contribution in [3.05, 3.63) is 237 Å². The predicted molar refractivity (Wildman–Crippen MR) is 259 cm³/mol. The number of hydrogen-bond acceptors (Lipinski definition) is 2. The molecule has 0 N–H and O–H groups in total. The van der Waals surface area contributed by atoms with Gasteiger partial charge in [0, 0.05) is 37.1 Å². The average molecular weight is 782 g/mol. The Hall–Kier alpha value is -7.52. The third-order valence-electron chi connectivity index (χ3n) is 11.7. The van der Waals surface area contributed by atoms with E-state index in [1.54, 1.807) is 0 Å².